The maximum Gasteiger partial charge on any atom is 0.335 e. The number of hydrogen-bond acceptors (Lipinski definition) is 7. The number of pyridine rings is 1. The van der Waals surface area contributed by atoms with Crippen LogP contribution in [0.1, 0.15) is 56.2 Å². The molecule has 204 valence electrons. The van der Waals surface area contributed by atoms with Crippen molar-refractivity contribution in [2.45, 2.75) is 36.4 Å². The molecule has 0 unspecified atom stereocenters. The highest BCUT2D eigenvalue weighted by atomic mass is 32.2. The van der Waals surface area contributed by atoms with E-state index in [1.165, 1.54) is 6.20 Å². The van der Waals surface area contributed by atoms with Gasteiger partial charge in [-0.2, -0.15) is 0 Å². The summed E-state index contributed by atoms with van der Waals surface area (Å²) in [5.74, 6) is -0.549. The van der Waals surface area contributed by atoms with Crippen LogP contribution in [0.25, 0.3) is 0 Å². The minimum Gasteiger partial charge on any atom is -0.478 e. The van der Waals surface area contributed by atoms with Gasteiger partial charge >= 0.3 is 5.97 Å². The van der Waals surface area contributed by atoms with Gasteiger partial charge in [-0.1, -0.05) is 36.4 Å². The summed E-state index contributed by atoms with van der Waals surface area (Å²) < 4.78 is 12.8. The number of hydrogen-bond donors (Lipinski definition) is 3. The van der Waals surface area contributed by atoms with E-state index in [0.29, 0.717) is 23.4 Å². The molecular weight excluding hydrogens is 528 g/mol. The van der Waals surface area contributed by atoms with E-state index >= 15 is 0 Å². The predicted octanol–water partition coefficient (Wildman–Crippen LogP) is 5.86. The Kier molecular flexibility index (Phi) is 8.87. The van der Waals surface area contributed by atoms with E-state index in [1.54, 1.807) is 54.4 Å². The Morgan fingerprint density at radius 1 is 0.900 bits per heavy atom. The Labute approximate surface area is 236 Å². The van der Waals surface area contributed by atoms with Gasteiger partial charge in [0.15, 0.2) is 6.29 Å². The van der Waals surface area contributed by atoms with Crippen molar-refractivity contribution in [1.82, 2.24) is 4.98 Å². The van der Waals surface area contributed by atoms with Crippen LogP contribution in [-0.2, 0) is 16.1 Å². The molecule has 1 aromatic heterocycles. The molecule has 0 spiro atoms. The molecule has 3 atom stereocenters. The monoisotopic (exact) mass is 556 g/mol. The first-order valence-corrected chi connectivity index (χ1v) is 13.7. The number of rotatable bonds is 9. The summed E-state index contributed by atoms with van der Waals surface area (Å²) in [7, 11) is 0. The van der Waals surface area contributed by atoms with Crippen LogP contribution in [0.4, 0.5) is 5.69 Å². The second-order valence-electron chi connectivity index (χ2n) is 9.31. The van der Waals surface area contributed by atoms with Crippen molar-refractivity contribution >= 4 is 29.3 Å². The van der Waals surface area contributed by atoms with Crippen LogP contribution < -0.4 is 5.32 Å². The number of amides is 1. The van der Waals surface area contributed by atoms with E-state index < -0.39 is 12.3 Å². The van der Waals surface area contributed by atoms with Crippen LogP contribution in [0, 0.1) is 0 Å². The van der Waals surface area contributed by atoms with Crippen LogP contribution in [0.15, 0.2) is 102 Å². The van der Waals surface area contributed by atoms with E-state index in [-0.39, 0.29) is 30.3 Å². The fourth-order valence-corrected chi connectivity index (χ4v) is 5.25. The number of carbonyl (C=O) groups is 2. The Balaban J connectivity index is 1.30. The molecule has 0 radical (unpaired) electrons. The van der Waals surface area contributed by atoms with E-state index in [2.05, 4.69) is 10.3 Å². The molecule has 4 aromatic rings. The number of aliphatic hydroxyl groups is 1. The minimum atomic E-state index is -0.954. The van der Waals surface area contributed by atoms with Gasteiger partial charge in [-0.05, 0) is 59.7 Å². The lowest BCUT2D eigenvalue weighted by Gasteiger charge is -2.36. The molecule has 5 rings (SSSR count). The molecular formula is C31H28N2O6S. The highest BCUT2D eigenvalue weighted by molar-refractivity contribution is 7.99. The standard InChI is InChI=1S/C31H28N2O6S/c34-18-20-3-5-21(6-4-20)28-16-26(19-40-27-13-9-22(10-14-27)30(36)37)38-31(39-28)23-7-11-25(12-8-23)33-29(35)24-2-1-15-32-17-24/h1-15,17,26,28,31,34H,16,18-19H2,(H,33,35)(H,36,37)/t26-,28+,31+/m0/s1. The third-order valence-corrected chi connectivity index (χ3v) is 7.66. The molecule has 8 nitrogen and oxygen atoms in total. The molecule has 9 heteroatoms. The molecule has 0 bridgehead atoms. The van der Waals surface area contributed by atoms with Crippen molar-refractivity contribution in [2.24, 2.45) is 0 Å². The molecule has 0 saturated carbocycles. The highest BCUT2D eigenvalue weighted by Gasteiger charge is 2.32. The van der Waals surface area contributed by atoms with Crippen LogP contribution in [0.2, 0.25) is 0 Å². The number of aromatic carboxylic acids is 1. The number of thioether (sulfide) groups is 1. The fraction of sp³-hybridized carbons (Fsp3) is 0.194. The van der Waals surface area contributed by atoms with Gasteiger partial charge in [0.25, 0.3) is 5.91 Å². The van der Waals surface area contributed by atoms with Gasteiger partial charge in [-0.25, -0.2) is 4.79 Å². The van der Waals surface area contributed by atoms with Gasteiger partial charge < -0.3 is 25.0 Å². The zero-order chi connectivity index (χ0) is 27.9. The first kappa shape index (κ1) is 27.5. The van der Waals surface area contributed by atoms with Crippen molar-refractivity contribution in [3.8, 4) is 0 Å². The van der Waals surface area contributed by atoms with Gasteiger partial charge in [0.2, 0.25) is 0 Å². The van der Waals surface area contributed by atoms with E-state index in [4.69, 9.17) is 14.6 Å². The van der Waals surface area contributed by atoms with Crippen LogP contribution in [0.5, 0.6) is 0 Å². The van der Waals surface area contributed by atoms with E-state index in [1.807, 2.05) is 48.5 Å². The normalized spacial score (nSPS) is 18.7. The number of carboxylic acids is 1. The smallest absolute Gasteiger partial charge is 0.335 e. The number of ether oxygens (including phenoxy) is 2. The van der Waals surface area contributed by atoms with Gasteiger partial charge in [0.1, 0.15) is 0 Å². The van der Waals surface area contributed by atoms with E-state index in [0.717, 1.165) is 21.6 Å². The van der Waals surface area contributed by atoms with Gasteiger partial charge in [-0.15, -0.1) is 11.8 Å². The number of aromatic nitrogens is 1. The number of nitrogens with zero attached hydrogens (tertiary/aromatic N) is 1. The Bertz CT molecular complexity index is 1430. The zero-order valence-corrected chi connectivity index (χ0v) is 22.3. The number of carbonyl (C=O) groups excluding carboxylic acids is 1. The minimum absolute atomic E-state index is 0.0266. The maximum absolute atomic E-state index is 12.5. The van der Waals surface area contributed by atoms with Gasteiger partial charge in [0, 0.05) is 40.7 Å². The van der Waals surface area contributed by atoms with Gasteiger partial charge in [-0.3, -0.25) is 9.78 Å². The SMILES string of the molecule is O=C(O)c1ccc(SC[C@@H]2C[C@H](c3ccc(CO)cc3)O[C@H](c3ccc(NC(=O)c4cccnc4)cc3)O2)cc1. The van der Waals surface area contributed by atoms with Crippen molar-refractivity contribution in [2.75, 3.05) is 11.1 Å². The van der Waals surface area contributed by atoms with Crippen LogP contribution in [0.3, 0.4) is 0 Å². The molecule has 1 fully saturated rings. The summed E-state index contributed by atoms with van der Waals surface area (Å²) in [6.45, 7) is -0.0266. The highest BCUT2D eigenvalue weighted by Crippen LogP contribution is 2.39. The molecule has 0 aliphatic carbocycles. The molecule has 1 amide bonds. The predicted molar refractivity (Wildman–Crippen MR) is 151 cm³/mol. The lowest BCUT2D eigenvalue weighted by Crippen LogP contribution is -2.31. The second-order valence-corrected chi connectivity index (χ2v) is 10.4. The Morgan fingerprint density at radius 2 is 1.62 bits per heavy atom. The molecule has 1 aliphatic heterocycles. The number of carboxylic acid groups (broad SMARTS) is 1. The molecule has 1 aliphatic rings. The third-order valence-electron chi connectivity index (χ3n) is 6.52. The molecule has 3 aromatic carbocycles. The van der Waals surface area contributed by atoms with Crippen LogP contribution in [-0.4, -0.2) is 38.9 Å². The lowest BCUT2D eigenvalue weighted by atomic mass is 10.0. The average molecular weight is 557 g/mol. The molecule has 3 N–H and O–H groups in total. The Hall–Kier alpha value is -4.02. The summed E-state index contributed by atoms with van der Waals surface area (Å²) in [5.41, 5.74) is 4.00. The van der Waals surface area contributed by atoms with Crippen LogP contribution >= 0.6 is 11.8 Å². The number of aliphatic hydroxyl groups excluding tert-OH is 1. The summed E-state index contributed by atoms with van der Waals surface area (Å²) in [6.07, 6.45) is 2.77. The third kappa shape index (κ3) is 6.94. The molecule has 2 heterocycles. The van der Waals surface area contributed by atoms with Crippen molar-refractivity contribution in [3.05, 3.63) is 125 Å². The summed E-state index contributed by atoms with van der Waals surface area (Å²) in [5, 5.41) is 21.4. The lowest BCUT2D eigenvalue weighted by molar-refractivity contribution is -0.245. The molecule has 1 saturated heterocycles. The summed E-state index contributed by atoms with van der Waals surface area (Å²) >= 11 is 1.60. The summed E-state index contributed by atoms with van der Waals surface area (Å²) in [6, 6.07) is 25.3. The quantitative estimate of drug-likeness (QED) is 0.219. The average Bonchev–Trinajstić information content (AvgIpc) is 3.01. The maximum atomic E-state index is 12.5. The first-order valence-electron chi connectivity index (χ1n) is 12.8. The largest absolute Gasteiger partial charge is 0.478 e. The zero-order valence-electron chi connectivity index (χ0n) is 21.5. The van der Waals surface area contributed by atoms with Crippen molar-refractivity contribution in [3.63, 3.8) is 0 Å². The first-order chi connectivity index (χ1) is 19.5. The van der Waals surface area contributed by atoms with Crippen molar-refractivity contribution in [1.29, 1.82) is 0 Å². The van der Waals surface area contributed by atoms with E-state index in [9.17, 15) is 14.7 Å². The van der Waals surface area contributed by atoms with Crippen molar-refractivity contribution < 1.29 is 29.3 Å². The fourth-order valence-electron chi connectivity index (χ4n) is 4.33. The number of benzene rings is 3. The molecule has 40 heavy (non-hydrogen) atoms. The van der Waals surface area contributed by atoms with Gasteiger partial charge in [0.05, 0.1) is 29.9 Å². The summed E-state index contributed by atoms with van der Waals surface area (Å²) in [4.78, 5) is 28.6. The number of anilines is 1. The second kappa shape index (κ2) is 12.9. The Morgan fingerprint density at radius 3 is 2.27 bits per heavy atom. The topological polar surface area (TPSA) is 118 Å². The number of nitrogens with one attached hydrogen (secondary N) is 1.